The maximum absolute atomic E-state index is 12.3. The Hall–Kier alpha value is -1.36. The van der Waals surface area contributed by atoms with Crippen LogP contribution in [-0.4, -0.2) is 13.7 Å². The molecular weight excluding hydrogens is 319 g/mol. The van der Waals surface area contributed by atoms with Crippen molar-refractivity contribution in [1.82, 2.24) is 5.32 Å². The Bertz CT molecular complexity index is 622. The lowest BCUT2D eigenvalue weighted by Gasteiger charge is -2.19. The number of halogens is 4. The van der Waals surface area contributed by atoms with Gasteiger partial charge in [0.1, 0.15) is 5.75 Å². The van der Waals surface area contributed by atoms with Gasteiger partial charge in [0.25, 0.3) is 0 Å². The van der Waals surface area contributed by atoms with E-state index in [1.165, 1.54) is 6.07 Å². The molecule has 21 heavy (non-hydrogen) atoms. The van der Waals surface area contributed by atoms with Crippen molar-refractivity contribution in [2.45, 2.75) is 12.7 Å². The van der Waals surface area contributed by atoms with Crippen LogP contribution >= 0.6 is 23.2 Å². The van der Waals surface area contributed by atoms with Crippen LogP contribution in [0, 0.1) is 0 Å². The number of alkyl halides is 2. The maximum atomic E-state index is 12.3. The predicted molar refractivity (Wildman–Crippen MR) is 80.4 cm³/mol. The Labute approximate surface area is 131 Å². The van der Waals surface area contributed by atoms with E-state index in [1.54, 1.807) is 37.4 Å². The molecule has 0 spiro atoms. The fraction of sp³-hybridized carbons (Fsp3) is 0.200. The molecule has 0 bridgehead atoms. The van der Waals surface area contributed by atoms with Crippen molar-refractivity contribution >= 4 is 23.2 Å². The summed E-state index contributed by atoms with van der Waals surface area (Å²) in [6.07, 6.45) is 0. The van der Waals surface area contributed by atoms with E-state index in [4.69, 9.17) is 23.2 Å². The standard InChI is InChI=1S/C15H13Cl2F2NO/c1-20-14(12-6-5-10(16)8-13(12)17)9-3-2-4-11(7-9)21-15(18)19/h2-8,14-15,20H,1H3. The molecule has 2 rings (SSSR count). The van der Waals surface area contributed by atoms with Crippen molar-refractivity contribution in [1.29, 1.82) is 0 Å². The van der Waals surface area contributed by atoms with E-state index in [0.717, 1.165) is 11.1 Å². The molecule has 1 unspecified atom stereocenters. The summed E-state index contributed by atoms with van der Waals surface area (Å²) in [4.78, 5) is 0. The van der Waals surface area contributed by atoms with Gasteiger partial charge in [0.15, 0.2) is 0 Å². The van der Waals surface area contributed by atoms with Crippen LogP contribution in [0.4, 0.5) is 8.78 Å². The molecule has 0 aliphatic rings. The van der Waals surface area contributed by atoms with Gasteiger partial charge in [0.05, 0.1) is 6.04 Å². The number of ether oxygens (including phenoxy) is 1. The fourth-order valence-electron chi connectivity index (χ4n) is 2.11. The summed E-state index contributed by atoms with van der Waals surface area (Å²) < 4.78 is 29.0. The van der Waals surface area contributed by atoms with E-state index in [0.29, 0.717) is 10.0 Å². The molecular formula is C15H13Cl2F2NO. The average Bonchev–Trinajstić information content (AvgIpc) is 2.41. The molecule has 0 saturated carbocycles. The number of hydrogen-bond donors (Lipinski definition) is 1. The largest absolute Gasteiger partial charge is 0.435 e. The summed E-state index contributed by atoms with van der Waals surface area (Å²) >= 11 is 12.1. The molecule has 1 atom stereocenters. The Morgan fingerprint density at radius 1 is 1.10 bits per heavy atom. The molecule has 1 N–H and O–H groups in total. The van der Waals surface area contributed by atoms with E-state index in [-0.39, 0.29) is 11.8 Å². The van der Waals surface area contributed by atoms with Crippen molar-refractivity contribution in [3.8, 4) is 5.75 Å². The molecule has 2 aromatic carbocycles. The van der Waals surface area contributed by atoms with Crippen LogP contribution < -0.4 is 10.1 Å². The first-order valence-electron chi connectivity index (χ1n) is 6.18. The minimum atomic E-state index is -2.85. The first-order chi connectivity index (χ1) is 10.0. The van der Waals surface area contributed by atoms with Gasteiger partial charge in [-0.15, -0.1) is 0 Å². The summed E-state index contributed by atoms with van der Waals surface area (Å²) in [6.45, 7) is -2.85. The first kappa shape index (κ1) is 16.0. The van der Waals surface area contributed by atoms with E-state index in [2.05, 4.69) is 10.1 Å². The van der Waals surface area contributed by atoms with Gasteiger partial charge in [-0.3, -0.25) is 0 Å². The Morgan fingerprint density at radius 2 is 1.86 bits per heavy atom. The molecule has 0 amide bonds. The molecule has 6 heteroatoms. The molecule has 0 aliphatic carbocycles. The maximum Gasteiger partial charge on any atom is 0.387 e. The van der Waals surface area contributed by atoms with Crippen LogP contribution in [0.25, 0.3) is 0 Å². The Balaban J connectivity index is 2.37. The molecule has 0 saturated heterocycles. The zero-order valence-electron chi connectivity index (χ0n) is 11.1. The zero-order valence-corrected chi connectivity index (χ0v) is 12.6. The number of nitrogens with one attached hydrogen (secondary N) is 1. The lowest BCUT2D eigenvalue weighted by Crippen LogP contribution is -2.18. The van der Waals surface area contributed by atoms with Gasteiger partial charge in [0.2, 0.25) is 0 Å². The lowest BCUT2D eigenvalue weighted by molar-refractivity contribution is -0.0498. The van der Waals surface area contributed by atoms with E-state index in [1.807, 2.05) is 6.07 Å². The van der Waals surface area contributed by atoms with Gasteiger partial charge in [-0.05, 0) is 42.4 Å². The van der Waals surface area contributed by atoms with Crippen LogP contribution in [-0.2, 0) is 0 Å². The summed E-state index contributed by atoms with van der Waals surface area (Å²) in [6, 6.07) is 11.4. The Morgan fingerprint density at radius 3 is 2.48 bits per heavy atom. The third-order valence-electron chi connectivity index (χ3n) is 2.98. The minimum Gasteiger partial charge on any atom is -0.435 e. The van der Waals surface area contributed by atoms with Gasteiger partial charge in [-0.2, -0.15) is 8.78 Å². The first-order valence-corrected chi connectivity index (χ1v) is 6.94. The highest BCUT2D eigenvalue weighted by atomic mass is 35.5. The number of rotatable bonds is 5. The van der Waals surface area contributed by atoms with Gasteiger partial charge < -0.3 is 10.1 Å². The van der Waals surface area contributed by atoms with Crippen molar-refractivity contribution < 1.29 is 13.5 Å². The third-order valence-corrected chi connectivity index (χ3v) is 3.54. The van der Waals surface area contributed by atoms with Crippen molar-refractivity contribution in [2.24, 2.45) is 0 Å². The van der Waals surface area contributed by atoms with Crippen molar-refractivity contribution in [3.63, 3.8) is 0 Å². The molecule has 0 fully saturated rings. The third kappa shape index (κ3) is 4.06. The fourth-order valence-corrected chi connectivity index (χ4v) is 2.63. The van der Waals surface area contributed by atoms with Crippen LogP contribution in [0.5, 0.6) is 5.75 Å². The van der Waals surface area contributed by atoms with Gasteiger partial charge in [0, 0.05) is 10.0 Å². The zero-order chi connectivity index (χ0) is 15.4. The summed E-state index contributed by atoms with van der Waals surface area (Å²) in [5.41, 5.74) is 1.57. The van der Waals surface area contributed by atoms with Crippen LogP contribution in [0.15, 0.2) is 42.5 Å². The van der Waals surface area contributed by atoms with Gasteiger partial charge in [-0.25, -0.2) is 0 Å². The highest BCUT2D eigenvalue weighted by Crippen LogP contribution is 2.31. The quantitative estimate of drug-likeness (QED) is 0.840. The van der Waals surface area contributed by atoms with E-state index in [9.17, 15) is 8.78 Å². The molecule has 0 heterocycles. The Kier molecular flexibility index (Phi) is 5.39. The molecule has 112 valence electrons. The average molecular weight is 332 g/mol. The van der Waals surface area contributed by atoms with Crippen LogP contribution in [0.1, 0.15) is 17.2 Å². The molecule has 0 aromatic heterocycles. The molecule has 2 nitrogen and oxygen atoms in total. The summed E-state index contributed by atoms with van der Waals surface area (Å²) in [7, 11) is 1.76. The van der Waals surface area contributed by atoms with Crippen molar-refractivity contribution in [2.75, 3.05) is 7.05 Å². The smallest absolute Gasteiger partial charge is 0.387 e. The SMILES string of the molecule is CNC(c1cccc(OC(F)F)c1)c1ccc(Cl)cc1Cl. The molecule has 0 radical (unpaired) electrons. The second-order valence-electron chi connectivity index (χ2n) is 4.34. The van der Waals surface area contributed by atoms with Crippen LogP contribution in [0.3, 0.4) is 0 Å². The number of benzene rings is 2. The van der Waals surface area contributed by atoms with Crippen LogP contribution in [0.2, 0.25) is 10.0 Å². The number of hydrogen-bond acceptors (Lipinski definition) is 2. The molecule has 0 aliphatic heterocycles. The highest BCUT2D eigenvalue weighted by Gasteiger charge is 2.16. The molecule has 2 aromatic rings. The predicted octanol–water partition coefficient (Wildman–Crippen LogP) is 4.90. The van der Waals surface area contributed by atoms with Gasteiger partial charge in [-0.1, -0.05) is 41.4 Å². The monoisotopic (exact) mass is 331 g/mol. The van der Waals surface area contributed by atoms with Crippen molar-refractivity contribution in [3.05, 3.63) is 63.6 Å². The second-order valence-corrected chi connectivity index (χ2v) is 5.18. The highest BCUT2D eigenvalue weighted by molar-refractivity contribution is 6.35. The van der Waals surface area contributed by atoms with Gasteiger partial charge >= 0.3 is 6.61 Å². The van der Waals surface area contributed by atoms with E-state index >= 15 is 0 Å². The summed E-state index contributed by atoms with van der Waals surface area (Å²) in [5, 5.41) is 4.14. The topological polar surface area (TPSA) is 21.3 Å². The lowest BCUT2D eigenvalue weighted by atomic mass is 9.98. The van der Waals surface area contributed by atoms with E-state index < -0.39 is 6.61 Å². The minimum absolute atomic E-state index is 0.104. The summed E-state index contributed by atoms with van der Waals surface area (Å²) in [5.74, 6) is 0.104. The second kappa shape index (κ2) is 7.07. The normalized spacial score (nSPS) is 12.5.